The van der Waals surface area contributed by atoms with Crippen LogP contribution in [0.2, 0.25) is 5.02 Å². The number of nitrogens with zero attached hydrogens (tertiary/aromatic N) is 1. The molecule has 0 fully saturated rings. The van der Waals surface area contributed by atoms with Crippen molar-refractivity contribution in [3.8, 4) is 11.3 Å². The number of anilines is 1. The van der Waals surface area contributed by atoms with Gasteiger partial charge in [-0.05, 0) is 12.1 Å². The number of nitrogens with two attached hydrogens (primary N) is 1. The molecule has 16 heavy (non-hydrogen) atoms. The zero-order valence-corrected chi connectivity index (χ0v) is 8.80. The Balaban J connectivity index is 2.51. The summed E-state index contributed by atoms with van der Waals surface area (Å²) in [5.41, 5.74) is 6.32. The minimum absolute atomic E-state index is 0.0902. The van der Waals surface area contributed by atoms with E-state index >= 15 is 0 Å². The summed E-state index contributed by atoms with van der Waals surface area (Å²) in [5, 5.41) is 6.71. The van der Waals surface area contributed by atoms with Gasteiger partial charge < -0.3 is 5.73 Å². The molecule has 0 bridgehead atoms. The van der Waals surface area contributed by atoms with Gasteiger partial charge in [-0.1, -0.05) is 17.7 Å². The van der Waals surface area contributed by atoms with Crippen molar-refractivity contribution in [3.05, 3.63) is 34.9 Å². The molecule has 0 spiro atoms. The summed E-state index contributed by atoms with van der Waals surface area (Å²) in [6.45, 7) is 0. The predicted octanol–water partition coefficient (Wildman–Crippen LogP) is 3.25. The first-order valence-electron chi connectivity index (χ1n) is 4.47. The average Bonchev–Trinajstić information content (AvgIpc) is 2.65. The molecule has 1 heterocycles. The van der Waals surface area contributed by atoms with Crippen LogP contribution in [0.4, 0.5) is 14.6 Å². The summed E-state index contributed by atoms with van der Waals surface area (Å²) in [7, 11) is 0. The van der Waals surface area contributed by atoms with E-state index in [1.165, 1.54) is 24.3 Å². The maximum Gasteiger partial charge on any atom is 0.263 e. The lowest BCUT2D eigenvalue weighted by Gasteiger charge is -2.04. The second kappa shape index (κ2) is 4.09. The number of halogens is 3. The lowest BCUT2D eigenvalue weighted by atomic mass is 10.1. The van der Waals surface area contributed by atoms with Crippen molar-refractivity contribution >= 4 is 17.4 Å². The first-order chi connectivity index (χ1) is 7.58. The summed E-state index contributed by atoms with van der Waals surface area (Å²) in [6, 6.07) is 5.57. The van der Waals surface area contributed by atoms with Gasteiger partial charge in [0.25, 0.3) is 6.43 Å². The zero-order valence-electron chi connectivity index (χ0n) is 8.05. The number of alkyl halides is 2. The molecule has 0 aliphatic carbocycles. The smallest absolute Gasteiger partial charge is 0.263 e. The van der Waals surface area contributed by atoms with Crippen LogP contribution in [0.1, 0.15) is 12.0 Å². The molecule has 0 aliphatic rings. The van der Waals surface area contributed by atoms with Gasteiger partial charge in [0.15, 0.2) is 0 Å². The lowest BCUT2D eigenvalue weighted by molar-refractivity contribution is 0.151. The van der Waals surface area contributed by atoms with Crippen LogP contribution >= 0.6 is 11.6 Å². The van der Waals surface area contributed by atoms with Gasteiger partial charge in [-0.2, -0.15) is 5.10 Å². The molecule has 0 unspecified atom stereocenters. The van der Waals surface area contributed by atoms with E-state index in [0.29, 0.717) is 16.3 Å². The second-order valence-corrected chi connectivity index (χ2v) is 3.65. The fourth-order valence-electron chi connectivity index (χ4n) is 1.36. The number of hydrogen-bond donors (Lipinski definition) is 2. The molecule has 6 heteroatoms. The quantitative estimate of drug-likeness (QED) is 0.851. The average molecular weight is 244 g/mol. The Bertz CT molecular complexity index is 511. The highest BCUT2D eigenvalue weighted by atomic mass is 35.5. The largest absolute Gasteiger partial charge is 0.382 e. The summed E-state index contributed by atoms with van der Waals surface area (Å²) >= 11 is 5.91. The first-order valence-corrected chi connectivity index (χ1v) is 4.84. The van der Waals surface area contributed by atoms with Crippen molar-refractivity contribution < 1.29 is 8.78 Å². The summed E-state index contributed by atoms with van der Waals surface area (Å²) in [5.74, 6) is 0.286. The van der Waals surface area contributed by atoms with E-state index in [0.717, 1.165) is 0 Å². The Hall–Kier alpha value is -1.62. The van der Waals surface area contributed by atoms with Crippen LogP contribution < -0.4 is 5.73 Å². The standard InChI is InChI=1S/C10H8ClF2N3/c11-7-2-1-5(10(12)13)3-6(7)8-4-9(14)16-15-8/h1-4,10H,(H3,14,15,16). The van der Waals surface area contributed by atoms with Crippen molar-refractivity contribution in [3.63, 3.8) is 0 Å². The topological polar surface area (TPSA) is 54.7 Å². The van der Waals surface area contributed by atoms with Crippen LogP contribution in [0.3, 0.4) is 0 Å². The number of rotatable bonds is 2. The molecule has 2 rings (SSSR count). The van der Waals surface area contributed by atoms with E-state index in [4.69, 9.17) is 17.3 Å². The third-order valence-corrected chi connectivity index (χ3v) is 2.46. The van der Waals surface area contributed by atoms with Gasteiger partial charge in [-0.15, -0.1) is 0 Å². The lowest BCUT2D eigenvalue weighted by Crippen LogP contribution is -1.87. The van der Waals surface area contributed by atoms with Crippen molar-refractivity contribution in [1.82, 2.24) is 10.2 Å². The number of nitrogens with one attached hydrogen (secondary N) is 1. The summed E-state index contributed by atoms with van der Waals surface area (Å²) < 4.78 is 25.0. The highest BCUT2D eigenvalue weighted by Gasteiger charge is 2.12. The SMILES string of the molecule is Nc1cc(-c2cc(C(F)F)ccc2Cl)[nH]n1. The third kappa shape index (κ3) is 1.99. The van der Waals surface area contributed by atoms with E-state index in [9.17, 15) is 8.78 Å². The monoisotopic (exact) mass is 243 g/mol. The molecule has 84 valence electrons. The van der Waals surface area contributed by atoms with E-state index < -0.39 is 6.43 Å². The molecule has 3 N–H and O–H groups in total. The molecule has 2 aromatic rings. The van der Waals surface area contributed by atoms with Gasteiger partial charge >= 0.3 is 0 Å². The molecule has 0 aliphatic heterocycles. The molecule has 1 aromatic carbocycles. The van der Waals surface area contributed by atoms with Gasteiger partial charge in [0.05, 0.1) is 5.69 Å². The highest BCUT2D eigenvalue weighted by Crippen LogP contribution is 2.31. The Morgan fingerprint density at radius 1 is 1.31 bits per heavy atom. The van der Waals surface area contributed by atoms with Gasteiger partial charge in [-0.3, -0.25) is 5.10 Å². The number of benzene rings is 1. The molecule has 0 saturated carbocycles. The number of aromatic nitrogens is 2. The third-order valence-electron chi connectivity index (χ3n) is 2.13. The van der Waals surface area contributed by atoms with Crippen LogP contribution in [0.5, 0.6) is 0 Å². The van der Waals surface area contributed by atoms with Crippen molar-refractivity contribution in [1.29, 1.82) is 0 Å². The molecular weight excluding hydrogens is 236 g/mol. The molecule has 0 radical (unpaired) electrons. The van der Waals surface area contributed by atoms with Crippen molar-refractivity contribution in [2.75, 3.05) is 5.73 Å². The maximum absolute atomic E-state index is 12.5. The molecule has 1 aromatic heterocycles. The van der Waals surface area contributed by atoms with Gasteiger partial charge in [-0.25, -0.2) is 8.78 Å². The molecule has 0 atom stereocenters. The van der Waals surface area contributed by atoms with Crippen LogP contribution in [0.15, 0.2) is 24.3 Å². The number of nitrogen functional groups attached to an aromatic ring is 1. The fourth-order valence-corrected chi connectivity index (χ4v) is 1.58. The Labute approximate surface area is 95.2 Å². The van der Waals surface area contributed by atoms with Crippen LogP contribution in [-0.4, -0.2) is 10.2 Å². The normalized spacial score (nSPS) is 11.0. The predicted molar refractivity (Wildman–Crippen MR) is 58.4 cm³/mol. The Morgan fingerprint density at radius 3 is 2.62 bits per heavy atom. The van der Waals surface area contributed by atoms with Crippen molar-refractivity contribution in [2.24, 2.45) is 0 Å². The van der Waals surface area contributed by atoms with E-state index in [1.807, 2.05) is 0 Å². The fraction of sp³-hybridized carbons (Fsp3) is 0.100. The van der Waals surface area contributed by atoms with Crippen LogP contribution in [0.25, 0.3) is 11.3 Å². The van der Waals surface area contributed by atoms with Gasteiger partial charge in [0, 0.05) is 22.2 Å². The maximum atomic E-state index is 12.5. The van der Waals surface area contributed by atoms with Crippen LogP contribution in [0, 0.1) is 0 Å². The Morgan fingerprint density at radius 2 is 2.06 bits per heavy atom. The first kappa shape index (κ1) is 10.9. The molecule has 0 saturated heterocycles. The van der Waals surface area contributed by atoms with E-state index in [1.54, 1.807) is 0 Å². The number of aromatic amines is 1. The summed E-state index contributed by atoms with van der Waals surface area (Å²) in [6.07, 6.45) is -2.53. The number of hydrogen-bond acceptors (Lipinski definition) is 2. The minimum atomic E-state index is -2.53. The van der Waals surface area contributed by atoms with E-state index in [-0.39, 0.29) is 11.4 Å². The van der Waals surface area contributed by atoms with Crippen LogP contribution in [-0.2, 0) is 0 Å². The molecular formula is C10H8ClF2N3. The number of H-pyrrole nitrogens is 1. The highest BCUT2D eigenvalue weighted by molar-refractivity contribution is 6.33. The van der Waals surface area contributed by atoms with Gasteiger partial charge in [0.1, 0.15) is 5.82 Å². The van der Waals surface area contributed by atoms with Gasteiger partial charge in [0.2, 0.25) is 0 Å². The minimum Gasteiger partial charge on any atom is -0.382 e. The summed E-state index contributed by atoms with van der Waals surface area (Å²) in [4.78, 5) is 0. The zero-order chi connectivity index (χ0) is 11.7. The second-order valence-electron chi connectivity index (χ2n) is 3.25. The van der Waals surface area contributed by atoms with Crippen molar-refractivity contribution in [2.45, 2.75) is 6.43 Å². The molecule has 3 nitrogen and oxygen atoms in total. The molecule has 0 amide bonds. The Kier molecular flexibility index (Phi) is 2.78. The van der Waals surface area contributed by atoms with E-state index in [2.05, 4.69) is 10.2 Å².